The first-order valence-electron chi connectivity index (χ1n) is 5.22. The number of benzene rings is 1. The van der Waals surface area contributed by atoms with Gasteiger partial charge in [-0.25, -0.2) is 4.98 Å². The molecule has 0 amide bonds. The molecule has 1 aromatic carbocycles. The third-order valence-electron chi connectivity index (χ3n) is 2.52. The second kappa shape index (κ2) is 4.43. The number of alkyl halides is 1. The van der Waals surface area contributed by atoms with Gasteiger partial charge < -0.3 is 0 Å². The Morgan fingerprint density at radius 1 is 1.24 bits per heavy atom. The molecule has 2 aromatic heterocycles. The van der Waals surface area contributed by atoms with Crippen molar-refractivity contribution in [3.05, 3.63) is 48.3 Å². The van der Waals surface area contributed by atoms with E-state index in [-0.39, 0.29) is 0 Å². The number of hydrogen-bond acceptors (Lipinski definition) is 3. The van der Waals surface area contributed by atoms with Crippen molar-refractivity contribution in [1.29, 1.82) is 0 Å². The van der Waals surface area contributed by atoms with E-state index in [1.807, 2.05) is 18.2 Å². The van der Waals surface area contributed by atoms with Gasteiger partial charge in [0.15, 0.2) is 0 Å². The van der Waals surface area contributed by atoms with Gasteiger partial charge in [-0.05, 0) is 17.7 Å². The van der Waals surface area contributed by atoms with Gasteiger partial charge in [-0.1, -0.05) is 18.2 Å². The van der Waals surface area contributed by atoms with Crippen molar-refractivity contribution in [3.8, 4) is 10.6 Å². The molecule has 3 rings (SSSR count). The Hall–Kier alpha value is -1.45. The van der Waals surface area contributed by atoms with Gasteiger partial charge in [-0.2, -0.15) is 0 Å². The highest BCUT2D eigenvalue weighted by Crippen LogP contribution is 2.30. The summed E-state index contributed by atoms with van der Waals surface area (Å²) in [6.07, 6.45) is 3.58. The lowest BCUT2D eigenvalue weighted by Gasteiger charge is -1.98. The number of fused-ring (bicyclic) bond motifs is 1. The average Bonchev–Trinajstić information content (AvgIpc) is 2.82. The Kier molecular flexibility index (Phi) is 2.79. The molecule has 0 saturated heterocycles. The van der Waals surface area contributed by atoms with Crippen molar-refractivity contribution in [2.45, 2.75) is 5.88 Å². The number of rotatable bonds is 2. The fourth-order valence-corrected chi connectivity index (χ4v) is 2.79. The van der Waals surface area contributed by atoms with Crippen molar-refractivity contribution >= 4 is 33.2 Å². The van der Waals surface area contributed by atoms with Gasteiger partial charge in [0.05, 0.1) is 10.9 Å². The second-order valence-corrected chi connectivity index (χ2v) is 4.99. The molecule has 0 aliphatic rings. The number of thiazole rings is 1. The topological polar surface area (TPSA) is 25.8 Å². The van der Waals surface area contributed by atoms with Gasteiger partial charge >= 0.3 is 0 Å². The molecule has 0 spiro atoms. The van der Waals surface area contributed by atoms with E-state index in [0.29, 0.717) is 5.88 Å². The minimum absolute atomic E-state index is 0.528. The standard InChI is InChI=1S/C13H9ClN2S/c14-7-9-2-1-3-10(6-9)13-16-11-8-15-5-4-12(11)17-13/h1-6,8H,7H2. The third-order valence-corrected chi connectivity index (χ3v) is 3.91. The number of aromatic nitrogens is 2. The summed E-state index contributed by atoms with van der Waals surface area (Å²) in [7, 11) is 0. The van der Waals surface area contributed by atoms with Gasteiger partial charge in [0.25, 0.3) is 0 Å². The molecule has 0 aliphatic heterocycles. The first-order chi connectivity index (χ1) is 8.36. The molecule has 0 aliphatic carbocycles. The predicted molar refractivity (Wildman–Crippen MR) is 72.4 cm³/mol. The molecule has 3 aromatic rings. The van der Waals surface area contributed by atoms with Crippen LogP contribution in [-0.2, 0) is 5.88 Å². The summed E-state index contributed by atoms with van der Waals surface area (Å²) in [6.45, 7) is 0. The SMILES string of the molecule is ClCc1cccc(-c2nc3cnccc3s2)c1. The maximum absolute atomic E-state index is 5.84. The number of halogens is 1. The van der Waals surface area contributed by atoms with Crippen LogP contribution < -0.4 is 0 Å². The lowest BCUT2D eigenvalue weighted by atomic mass is 10.1. The zero-order chi connectivity index (χ0) is 11.7. The smallest absolute Gasteiger partial charge is 0.124 e. The van der Waals surface area contributed by atoms with Crippen LogP contribution in [0.3, 0.4) is 0 Å². The first-order valence-corrected chi connectivity index (χ1v) is 6.58. The maximum Gasteiger partial charge on any atom is 0.124 e. The fraction of sp³-hybridized carbons (Fsp3) is 0.0769. The fourth-order valence-electron chi connectivity index (χ4n) is 1.69. The average molecular weight is 261 g/mol. The molecule has 2 heterocycles. The van der Waals surface area contributed by atoms with Crippen LogP contribution in [0.5, 0.6) is 0 Å². The number of hydrogen-bond donors (Lipinski definition) is 0. The van der Waals surface area contributed by atoms with Crippen molar-refractivity contribution in [3.63, 3.8) is 0 Å². The molecule has 2 nitrogen and oxygen atoms in total. The minimum atomic E-state index is 0.528. The monoisotopic (exact) mass is 260 g/mol. The summed E-state index contributed by atoms with van der Waals surface area (Å²) < 4.78 is 1.16. The Labute approximate surface area is 108 Å². The van der Waals surface area contributed by atoms with E-state index < -0.39 is 0 Å². The quantitative estimate of drug-likeness (QED) is 0.649. The zero-order valence-corrected chi connectivity index (χ0v) is 10.5. The number of pyridine rings is 1. The molecule has 84 valence electrons. The van der Waals surface area contributed by atoms with Crippen LogP contribution in [-0.4, -0.2) is 9.97 Å². The summed E-state index contributed by atoms with van der Waals surface area (Å²) in [5.41, 5.74) is 3.18. The van der Waals surface area contributed by atoms with Gasteiger partial charge in [-0.3, -0.25) is 4.98 Å². The third kappa shape index (κ3) is 2.04. The van der Waals surface area contributed by atoms with Crippen LogP contribution in [0.2, 0.25) is 0 Å². The molecular formula is C13H9ClN2S. The molecule has 0 N–H and O–H groups in total. The normalized spacial score (nSPS) is 10.9. The van der Waals surface area contributed by atoms with Crippen LogP contribution in [0.4, 0.5) is 0 Å². The Morgan fingerprint density at radius 2 is 2.18 bits per heavy atom. The van der Waals surface area contributed by atoms with Crippen molar-refractivity contribution < 1.29 is 0 Å². The molecule has 17 heavy (non-hydrogen) atoms. The van der Waals surface area contributed by atoms with Gasteiger partial charge in [0, 0.05) is 17.6 Å². The zero-order valence-electron chi connectivity index (χ0n) is 8.93. The minimum Gasteiger partial charge on any atom is -0.262 e. The van der Waals surface area contributed by atoms with E-state index in [4.69, 9.17) is 11.6 Å². The lowest BCUT2D eigenvalue weighted by Crippen LogP contribution is -1.80. The van der Waals surface area contributed by atoms with Crippen LogP contribution in [0, 0.1) is 0 Å². The van der Waals surface area contributed by atoms with Crippen molar-refractivity contribution in [2.24, 2.45) is 0 Å². The van der Waals surface area contributed by atoms with Crippen LogP contribution in [0.25, 0.3) is 20.8 Å². The summed E-state index contributed by atoms with van der Waals surface area (Å²) >= 11 is 7.51. The highest BCUT2D eigenvalue weighted by atomic mass is 35.5. The van der Waals surface area contributed by atoms with E-state index in [9.17, 15) is 0 Å². The van der Waals surface area contributed by atoms with E-state index in [1.54, 1.807) is 23.7 Å². The Balaban J connectivity index is 2.13. The Morgan fingerprint density at radius 3 is 3.00 bits per heavy atom. The highest BCUT2D eigenvalue weighted by molar-refractivity contribution is 7.21. The molecular weight excluding hydrogens is 252 g/mol. The maximum atomic E-state index is 5.84. The second-order valence-electron chi connectivity index (χ2n) is 3.70. The van der Waals surface area contributed by atoms with E-state index in [0.717, 1.165) is 26.4 Å². The van der Waals surface area contributed by atoms with Crippen LogP contribution in [0.15, 0.2) is 42.7 Å². The summed E-state index contributed by atoms with van der Waals surface area (Å²) in [6, 6.07) is 10.2. The molecule has 0 saturated carbocycles. The molecule has 0 unspecified atom stereocenters. The van der Waals surface area contributed by atoms with Crippen molar-refractivity contribution in [1.82, 2.24) is 9.97 Å². The molecule has 0 fully saturated rings. The molecule has 4 heteroatoms. The number of nitrogens with zero attached hydrogens (tertiary/aromatic N) is 2. The predicted octanol–water partition coefficient (Wildman–Crippen LogP) is 4.10. The summed E-state index contributed by atoms with van der Waals surface area (Å²) in [5, 5.41) is 1.01. The summed E-state index contributed by atoms with van der Waals surface area (Å²) in [4.78, 5) is 8.65. The van der Waals surface area contributed by atoms with Crippen molar-refractivity contribution in [2.75, 3.05) is 0 Å². The Bertz CT molecular complexity index is 630. The van der Waals surface area contributed by atoms with Gasteiger partial charge in [0.1, 0.15) is 10.5 Å². The largest absolute Gasteiger partial charge is 0.262 e. The molecule has 0 bridgehead atoms. The lowest BCUT2D eigenvalue weighted by molar-refractivity contribution is 1.33. The molecule has 0 radical (unpaired) electrons. The highest BCUT2D eigenvalue weighted by Gasteiger charge is 2.06. The molecule has 0 atom stereocenters. The van der Waals surface area contributed by atoms with Gasteiger partial charge in [0.2, 0.25) is 0 Å². The van der Waals surface area contributed by atoms with Crippen LogP contribution in [0.1, 0.15) is 5.56 Å². The first kappa shape index (κ1) is 10.7. The summed E-state index contributed by atoms with van der Waals surface area (Å²) in [5.74, 6) is 0.528. The van der Waals surface area contributed by atoms with E-state index in [1.165, 1.54) is 0 Å². The van der Waals surface area contributed by atoms with E-state index >= 15 is 0 Å². The van der Waals surface area contributed by atoms with E-state index in [2.05, 4.69) is 22.1 Å². The van der Waals surface area contributed by atoms with Gasteiger partial charge in [-0.15, -0.1) is 22.9 Å². The van der Waals surface area contributed by atoms with Crippen LogP contribution >= 0.6 is 22.9 Å².